The molecule has 2 aromatic carbocycles. The van der Waals surface area contributed by atoms with Crippen LogP contribution in [0.25, 0.3) is 0 Å². The number of carbonyl (C=O) groups excluding carboxylic acids is 2. The molecule has 1 aliphatic heterocycles. The first-order chi connectivity index (χ1) is 14.7. The summed E-state index contributed by atoms with van der Waals surface area (Å²) >= 11 is 5.90. The summed E-state index contributed by atoms with van der Waals surface area (Å²) in [5, 5.41) is 10.5. The summed E-state index contributed by atoms with van der Waals surface area (Å²) in [6.07, 6.45) is 3.85. The summed E-state index contributed by atoms with van der Waals surface area (Å²) in [4.78, 5) is 28.2. The Morgan fingerprint density at radius 1 is 1.29 bits per heavy atom. The molecule has 1 aliphatic carbocycles. The second kappa shape index (κ2) is 7.54. The van der Waals surface area contributed by atoms with Crippen LogP contribution in [-0.2, 0) is 9.59 Å². The molecule has 3 atom stereocenters. The number of imide groups is 1. The summed E-state index contributed by atoms with van der Waals surface area (Å²) in [6.45, 7) is 5.60. The fourth-order valence-corrected chi connectivity index (χ4v) is 4.93. The normalized spacial score (nSPS) is 25.3. The van der Waals surface area contributed by atoms with Gasteiger partial charge in [0.15, 0.2) is 0 Å². The van der Waals surface area contributed by atoms with E-state index in [-0.39, 0.29) is 22.4 Å². The van der Waals surface area contributed by atoms with Gasteiger partial charge in [-0.2, -0.15) is 0 Å². The fourth-order valence-electron chi connectivity index (χ4n) is 4.75. The Bertz CT molecular complexity index is 1140. The van der Waals surface area contributed by atoms with E-state index in [4.69, 9.17) is 16.3 Å². The minimum atomic E-state index is -1.19. The van der Waals surface area contributed by atoms with Crippen LogP contribution in [0.2, 0.25) is 5.02 Å². The number of fused-ring (bicyclic) bond motifs is 1. The van der Waals surface area contributed by atoms with Crippen molar-refractivity contribution in [1.82, 2.24) is 0 Å². The number of halogens is 2. The van der Waals surface area contributed by atoms with Crippen LogP contribution in [-0.4, -0.2) is 24.0 Å². The Labute approximate surface area is 184 Å². The lowest BCUT2D eigenvalue weighted by Gasteiger charge is -2.40. The molecule has 2 aromatic rings. The molecule has 0 aromatic heterocycles. The van der Waals surface area contributed by atoms with Gasteiger partial charge in [-0.25, -0.2) is 9.29 Å². The van der Waals surface area contributed by atoms with Gasteiger partial charge in [0.2, 0.25) is 11.8 Å². The highest BCUT2D eigenvalue weighted by atomic mass is 35.5. The molecule has 4 rings (SSSR count). The summed E-state index contributed by atoms with van der Waals surface area (Å²) in [7, 11) is 1.51. The summed E-state index contributed by atoms with van der Waals surface area (Å²) < 4.78 is 19.0. The van der Waals surface area contributed by atoms with E-state index in [0.29, 0.717) is 17.7 Å². The molecule has 2 aliphatic rings. The topological polar surface area (TPSA) is 66.8 Å². The van der Waals surface area contributed by atoms with Crippen LogP contribution in [0.4, 0.5) is 10.1 Å². The number of carbonyl (C=O) groups is 2. The third kappa shape index (κ3) is 3.05. The largest absolute Gasteiger partial charge is 0.508 e. The van der Waals surface area contributed by atoms with E-state index in [9.17, 15) is 19.1 Å². The number of phenols is 1. The Morgan fingerprint density at radius 3 is 2.68 bits per heavy atom. The van der Waals surface area contributed by atoms with Crippen LogP contribution in [0.15, 0.2) is 60.7 Å². The first-order valence-corrected chi connectivity index (χ1v) is 10.1. The second-order valence-electron chi connectivity index (χ2n) is 7.91. The highest BCUT2D eigenvalue weighted by Crippen LogP contribution is 2.58. The van der Waals surface area contributed by atoms with E-state index in [1.54, 1.807) is 25.1 Å². The Hall–Kier alpha value is -3.12. The number of hydrogen-bond donors (Lipinski definition) is 1. The van der Waals surface area contributed by atoms with E-state index in [1.807, 2.05) is 6.08 Å². The monoisotopic (exact) mass is 441 g/mol. The van der Waals surface area contributed by atoms with Gasteiger partial charge in [-0.15, -0.1) is 0 Å². The van der Waals surface area contributed by atoms with E-state index < -0.39 is 29.0 Å². The van der Waals surface area contributed by atoms with Crippen molar-refractivity contribution in [2.45, 2.75) is 19.3 Å². The van der Waals surface area contributed by atoms with Gasteiger partial charge in [0.05, 0.1) is 29.2 Å². The van der Waals surface area contributed by atoms with Crippen molar-refractivity contribution in [3.63, 3.8) is 0 Å². The number of benzene rings is 2. The second-order valence-corrected chi connectivity index (χ2v) is 8.32. The Kier molecular flexibility index (Phi) is 5.13. The zero-order valence-electron chi connectivity index (χ0n) is 17.1. The van der Waals surface area contributed by atoms with Gasteiger partial charge < -0.3 is 9.84 Å². The van der Waals surface area contributed by atoms with Crippen LogP contribution < -0.4 is 9.64 Å². The van der Waals surface area contributed by atoms with Crippen LogP contribution in [0.3, 0.4) is 0 Å². The predicted octanol–water partition coefficient (Wildman–Crippen LogP) is 4.99. The SMILES string of the molecule is C=CC1=CCC2C(=O)N(c3ccc(F)c(Cl)c3)C(=O)C2(C)C1c1cc(OC)ccc1O. The van der Waals surface area contributed by atoms with Crippen molar-refractivity contribution in [1.29, 1.82) is 0 Å². The molecular weight excluding hydrogens is 421 g/mol. The lowest BCUT2D eigenvalue weighted by Crippen LogP contribution is -2.41. The maximum absolute atomic E-state index is 13.8. The minimum absolute atomic E-state index is 0.0102. The van der Waals surface area contributed by atoms with Crippen molar-refractivity contribution in [3.8, 4) is 11.5 Å². The zero-order chi connectivity index (χ0) is 22.5. The molecule has 2 amide bonds. The molecule has 0 bridgehead atoms. The molecule has 7 heteroatoms. The number of allylic oxidation sites excluding steroid dienone is 3. The van der Waals surface area contributed by atoms with Crippen LogP contribution >= 0.6 is 11.6 Å². The van der Waals surface area contributed by atoms with E-state index in [0.717, 1.165) is 16.5 Å². The van der Waals surface area contributed by atoms with E-state index in [2.05, 4.69) is 6.58 Å². The molecule has 1 saturated heterocycles. The first-order valence-electron chi connectivity index (χ1n) is 9.76. The van der Waals surface area contributed by atoms with Crippen LogP contribution in [0, 0.1) is 17.2 Å². The Balaban J connectivity index is 1.89. The summed E-state index contributed by atoms with van der Waals surface area (Å²) in [5.74, 6) is -2.25. The molecule has 0 saturated carbocycles. The minimum Gasteiger partial charge on any atom is -0.508 e. The van der Waals surface area contributed by atoms with Crippen molar-refractivity contribution < 1.29 is 23.8 Å². The molecule has 1 heterocycles. The van der Waals surface area contributed by atoms with Crippen molar-refractivity contribution >= 4 is 29.1 Å². The molecule has 0 spiro atoms. The number of anilines is 1. The smallest absolute Gasteiger partial charge is 0.241 e. The molecule has 1 fully saturated rings. The van der Waals surface area contributed by atoms with Gasteiger partial charge in [0.25, 0.3) is 0 Å². The first kappa shape index (κ1) is 21.1. The standard InChI is InChI=1S/C24H21ClFNO4/c1-4-13-5-8-17-22(29)27(14-6-9-19(26)18(25)11-14)23(30)24(17,2)21(13)16-12-15(31-3)7-10-20(16)28/h4-7,9-12,17,21,28H,1,8H2,2-3H3. The summed E-state index contributed by atoms with van der Waals surface area (Å²) in [6, 6.07) is 8.54. The Morgan fingerprint density at radius 2 is 2.03 bits per heavy atom. The number of hydrogen-bond acceptors (Lipinski definition) is 4. The lowest BCUT2D eigenvalue weighted by molar-refractivity contribution is -0.127. The molecule has 0 radical (unpaired) electrons. The van der Waals surface area contributed by atoms with Gasteiger partial charge in [0.1, 0.15) is 17.3 Å². The van der Waals surface area contributed by atoms with Gasteiger partial charge in [-0.3, -0.25) is 9.59 Å². The zero-order valence-corrected chi connectivity index (χ0v) is 17.8. The van der Waals surface area contributed by atoms with Crippen molar-refractivity contribution in [3.05, 3.63) is 77.1 Å². The third-order valence-corrected chi connectivity index (χ3v) is 6.66. The molecule has 1 N–H and O–H groups in total. The average Bonchev–Trinajstić information content (AvgIpc) is 2.95. The highest BCUT2D eigenvalue weighted by Gasteiger charge is 2.62. The molecule has 3 unspecified atom stereocenters. The van der Waals surface area contributed by atoms with Crippen LogP contribution in [0.5, 0.6) is 11.5 Å². The number of rotatable bonds is 4. The third-order valence-electron chi connectivity index (χ3n) is 6.37. The molecular formula is C24H21ClFNO4. The van der Waals surface area contributed by atoms with Crippen molar-refractivity contribution in [2.75, 3.05) is 12.0 Å². The fraction of sp³-hybridized carbons (Fsp3) is 0.250. The van der Waals surface area contributed by atoms with E-state index in [1.165, 1.54) is 25.3 Å². The van der Waals surface area contributed by atoms with Crippen LogP contribution in [0.1, 0.15) is 24.8 Å². The highest BCUT2D eigenvalue weighted by molar-refractivity contribution is 6.31. The molecule has 5 nitrogen and oxygen atoms in total. The summed E-state index contributed by atoms with van der Waals surface area (Å²) in [5.41, 5.74) is 0.228. The predicted molar refractivity (Wildman–Crippen MR) is 116 cm³/mol. The van der Waals surface area contributed by atoms with Gasteiger partial charge >= 0.3 is 0 Å². The van der Waals surface area contributed by atoms with Gasteiger partial charge in [-0.1, -0.05) is 30.3 Å². The molecule has 160 valence electrons. The average molecular weight is 442 g/mol. The van der Waals surface area contributed by atoms with E-state index >= 15 is 0 Å². The number of aromatic hydroxyl groups is 1. The van der Waals surface area contributed by atoms with Gasteiger partial charge in [0, 0.05) is 11.5 Å². The number of ether oxygens (including phenoxy) is 1. The van der Waals surface area contributed by atoms with Gasteiger partial charge in [-0.05, 0) is 55.3 Å². The lowest BCUT2D eigenvalue weighted by atomic mass is 9.60. The number of phenolic OH excluding ortho intramolecular Hbond substituents is 1. The maximum atomic E-state index is 13.8. The number of methoxy groups -OCH3 is 1. The number of nitrogens with zero attached hydrogens (tertiary/aromatic N) is 1. The quantitative estimate of drug-likeness (QED) is 0.679. The number of amides is 2. The maximum Gasteiger partial charge on any atom is 0.241 e. The van der Waals surface area contributed by atoms with Crippen molar-refractivity contribution in [2.24, 2.45) is 11.3 Å². The molecule has 31 heavy (non-hydrogen) atoms.